The van der Waals surface area contributed by atoms with Crippen LogP contribution < -0.4 is 15.0 Å². The smallest absolute Gasteiger partial charge is 0.272 e. The number of amides is 1. The van der Waals surface area contributed by atoms with Crippen LogP contribution in [0.1, 0.15) is 41.7 Å². The molecule has 1 saturated carbocycles. The van der Waals surface area contributed by atoms with Crippen LogP contribution in [0.4, 0.5) is 10.2 Å². The van der Waals surface area contributed by atoms with Crippen LogP contribution in [0.15, 0.2) is 30.3 Å². The Bertz CT molecular complexity index is 967. The molecule has 1 saturated heterocycles. The Hall–Kier alpha value is -2.92. The summed E-state index contributed by atoms with van der Waals surface area (Å²) in [6.07, 6.45) is 3.24. The molecule has 31 heavy (non-hydrogen) atoms. The van der Waals surface area contributed by atoms with Crippen molar-refractivity contribution in [2.24, 2.45) is 5.92 Å². The summed E-state index contributed by atoms with van der Waals surface area (Å²) >= 11 is 6.06. The number of halogens is 2. The molecule has 0 radical (unpaired) electrons. The number of ether oxygens (including phenoxy) is 1. The highest BCUT2D eigenvalue weighted by Gasteiger charge is 2.28. The van der Waals surface area contributed by atoms with Crippen LogP contribution in [0.25, 0.3) is 0 Å². The third kappa shape index (κ3) is 5.05. The second-order valence-electron chi connectivity index (χ2n) is 8.02. The molecule has 4 rings (SSSR count). The molecule has 2 aromatic rings. The van der Waals surface area contributed by atoms with Crippen LogP contribution in [-0.2, 0) is 0 Å². The summed E-state index contributed by atoms with van der Waals surface area (Å²) in [6.45, 7) is 0.951. The molecule has 1 aliphatic carbocycles. The Morgan fingerprint density at radius 2 is 2.00 bits per heavy atom. The molecular weight excluding hydrogens is 421 g/mol. The highest BCUT2D eigenvalue weighted by molar-refractivity contribution is 6.31. The van der Waals surface area contributed by atoms with Gasteiger partial charge in [-0.25, -0.2) is 0 Å². The number of carbonyl (C=O) groups excluding carboxylic acids is 1. The lowest BCUT2D eigenvalue weighted by Gasteiger charge is -2.38. The van der Waals surface area contributed by atoms with Gasteiger partial charge in [0.15, 0.2) is 11.5 Å². The zero-order valence-electron chi connectivity index (χ0n) is 16.9. The minimum Gasteiger partial charge on any atom is -0.490 e. The molecule has 2 heterocycles. The fraction of sp³-hybridized carbons (Fsp3) is 0.455. The van der Waals surface area contributed by atoms with Gasteiger partial charge in [0.1, 0.15) is 11.8 Å². The van der Waals surface area contributed by atoms with Crippen molar-refractivity contribution in [2.45, 2.75) is 37.8 Å². The second kappa shape index (κ2) is 9.48. The number of aromatic nitrogens is 2. The average Bonchev–Trinajstić information content (AvgIpc) is 2.75. The van der Waals surface area contributed by atoms with E-state index < -0.39 is 0 Å². The van der Waals surface area contributed by atoms with Gasteiger partial charge in [-0.1, -0.05) is 11.6 Å². The third-order valence-corrected chi connectivity index (χ3v) is 6.07. The number of anilines is 1. The summed E-state index contributed by atoms with van der Waals surface area (Å²) in [5.41, 5.74) is 0.697. The van der Waals surface area contributed by atoms with Gasteiger partial charge in [0.25, 0.3) is 5.91 Å². The van der Waals surface area contributed by atoms with E-state index in [0.717, 1.165) is 25.7 Å². The molecule has 0 bridgehead atoms. The maximum atomic E-state index is 12.6. The molecule has 2 fully saturated rings. The van der Waals surface area contributed by atoms with Crippen molar-refractivity contribution >= 4 is 23.3 Å². The van der Waals surface area contributed by atoms with Crippen LogP contribution in [0.5, 0.6) is 5.75 Å². The van der Waals surface area contributed by atoms with Crippen LogP contribution in [-0.4, -0.2) is 48.0 Å². The molecule has 1 amide bonds. The van der Waals surface area contributed by atoms with Crippen LogP contribution >= 0.6 is 11.6 Å². The van der Waals surface area contributed by atoms with E-state index in [1.807, 2.05) is 11.0 Å². The predicted molar refractivity (Wildman–Crippen MR) is 114 cm³/mol. The van der Waals surface area contributed by atoms with Crippen molar-refractivity contribution < 1.29 is 13.9 Å². The summed E-state index contributed by atoms with van der Waals surface area (Å²) in [7, 11) is 0. The van der Waals surface area contributed by atoms with E-state index in [1.54, 1.807) is 30.3 Å². The minimum atomic E-state index is -0.321. The summed E-state index contributed by atoms with van der Waals surface area (Å²) in [4.78, 5) is 14.4. The molecule has 2 aliphatic rings. The second-order valence-corrected chi connectivity index (χ2v) is 8.43. The van der Waals surface area contributed by atoms with Crippen LogP contribution in [0.2, 0.25) is 5.02 Å². The van der Waals surface area contributed by atoms with Crippen LogP contribution in [0.3, 0.4) is 0 Å². The Morgan fingerprint density at radius 3 is 2.61 bits per heavy atom. The quantitative estimate of drug-likeness (QED) is 0.734. The van der Waals surface area contributed by atoms with Crippen molar-refractivity contribution in [3.63, 3.8) is 0 Å². The third-order valence-electron chi connectivity index (χ3n) is 5.76. The summed E-state index contributed by atoms with van der Waals surface area (Å²) < 4.78 is 18.5. The highest BCUT2D eigenvalue weighted by Crippen LogP contribution is 2.27. The number of nitrogens with one attached hydrogen (secondary N) is 1. The van der Waals surface area contributed by atoms with Crippen molar-refractivity contribution in [1.82, 2.24) is 15.5 Å². The molecule has 0 unspecified atom stereocenters. The molecule has 0 spiro atoms. The fourth-order valence-corrected chi connectivity index (χ4v) is 4.12. The Balaban J connectivity index is 1.24. The van der Waals surface area contributed by atoms with Gasteiger partial charge in [-0.3, -0.25) is 9.18 Å². The average molecular weight is 444 g/mol. The van der Waals surface area contributed by atoms with Crippen molar-refractivity contribution in [2.75, 3.05) is 24.7 Å². The maximum Gasteiger partial charge on any atom is 0.272 e. The van der Waals surface area contributed by atoms with E-state index in [0.29, 0.717) is 35.2 Å². The van der Waals surface area contributed by atoms with Gasteiger partial charge in [-0.15, -0.1) is 10.2 Å². The summed E-state index contributed by atoms with van der Waals surface area (Å²) in [6, 6.07) is 10.6. The van der Waals surface area contributed by atoms with Gasteiger partial charge in [0, 0.05) is 31.1 Å². The predicted octanol–water partition coefficient (Wildman–Crippen LogP) is 3.53. The lowest BCUT2D eigenvalue weighted by atomic mass is 9.93. The Kier molecular flexibility index (Phi) is 6.52. The molecule has 1 aromatic heterocycles. The number of nitriles is 1. The number of hydrogen-bond acceptors (Lipinski definition) is 6. The SMILES string of the molecule is N#Cc1ccc(OC2CCC(NC(=O)c3ccc(N4CC(CF)C4)nn3)CC2)cc1Cl. The molecular formula is C22H23ClFN5O2. The monoisotopic (exact) mass is 443 g/mol. The Labute approximate surface area is 185 Å². The van der Waals surface area contributed by atoms with Crippen LogP contribution in [0, 0.1) is 17.2 Å². The molecule has 0 atom stereocenters. The largest absolute Gasteiger partial charge is 0.490 e. The highest BCUT2D eigenvalue weighted by atomic mass is 35.5. The first-order chi connectivity index (χ1) is 15.1. The molecule has 9 heteroatoms. The van der Waals surface area contributed by atoms with Gasteiger partial charge in [-0.2, -0.15) is 5.26 Å². The van der Waals surface area contributed by atoms with Gasteiger partial charge in [0.2, 0.25) is 0 Å². The standard InChI is InChI=1S/C22H23ClFN5O2/c23-19-9-18(4-1-15(19)11-25)31-17-5-2-16(3-6-17)26-22(30)20-7-8-21(28-27-20)29-12-14(10-24)13-29/h1,4,7-9,14,16-17H,2-3,5-6,10,12-13H2,(H,26,30). The van der Waals surface area contributed by atoms with E-state index in [2.05, 4.69) is 15.5 Å². The molecule has 1 aromatic carbocycles. The van der Waals surface area contributed by atoms with E-state index in [9.17, 15) is 9.18 Å². The van der Waals surface area contributed by atoms with Crippen molar-refractivity contribution in [1.29, 1.82) is 5.26 Å². The molecule has 162 valence electrons. The first-order valence-corrected chi connectivity index (χ1v) is 10.8. The van der Waals surface area contributed by atoms with E-state index in [-0.39, 0.29) is 36.3 Å². The topological polar surface area (TPSA) is 91.1 Å². The summed E-state index contributed by atoms with van der Waals surface area (Å²) in [5.74, 6) is 1.14. The van der Waals surface area contributed by atoms with E-state index >= 15 is 0 Å². The zero-order valence-corrected chi connectivity index (χ0v) is 17.7. The van der Waals surface area contributed by atoms with Crippen molar-refractivity contribution in [3.8, 4) is 11.8 Å². The fourth-order valence-electron chi connectivity index (χ4n) is 3.91. The Morgan fingerprint density at radius 1 is 1.23 bits per heavy atom. The zero-order chi connectivity index (χ0) is 21.8. The number of rotatable bonds is 6. The normalized spacial score (nSPS) is 21.1. The number of benzene rings is 1. The van der Waals surface area contributed by atoms with Gasteiger partial charge in [-0.05, 0) is 49.9 Å². The lowest BCUT2D eigenvalue weighted by molar-refractivity contribution is 0.0888. The first-order valence-electron chi connectivity index (χ1n) is 10.4. The van der Waals surface area contributed by atoms with E-state index in [1.165, 1.54) is 0 Å². The maximum absolute atomic E-state index is 12.6. The number of nitrogens with zero attached hydrogens (tertiary/aromatic N) is 4. The molecule has 1 N–H and O–H groups in total. The first kappa shape index (κ1) is 21.3. The van der Waals surface area contributed by atoms with Gasteiger partial charge in [0.05, 0.1) is 23.4 Å². The number of carbonyl (C=O) groups is 1. The number of hydrogen-bond donors (Lipinski definition) is 1. The molecule has 1 aliphatic heterocycles. The summed E-state index contributed by atoms with van der Waals surface area (Å²) in [5, 5.41) is 20.5. The van der Waals surface area contributed by atoms with E-state index in [4.69, 9.17) is 21.6 Å². The minimum absolute atomic E-state index is 0.0425. The van der Waals surface area contributed by atoms with Crippen molar-refractivity contribution in [3.05, 3.63) is 46.6 Å². The van der Waals surface area contributed by atoms with Gasteiger partial charge < -0.3 is 15.0 Å². The number of alkyl halides is 1. The van der Waals surface area contributed by atoms with Gasteiger partial charge >= 0.3 is 0 Å². The lowest BCUT2D eigenvalue weighted by Crippen LogP contribution is -2.48. The molecule has 7 nitrogen and oxygen atoms in total.